The van der Waals surface area contributed by atoms with Gasteiger partial charge in [0.05, 0.1) is 6.20 Å². The molecule has 0 fully saturated rings. The summed E-state index contributed by atoms with van der Waals surface area (Å²) in [6.07, 6.45) is 5.77. The standard InChI is InChI=1S/C27H31N2O.BrH/c1-4-5-10-23-14-16-24(17-15-23)19-29-22(3)21(2)28-18-9-13-26(27(28)29)30-20-25-11-7-6-8-12-25;/h6-9,11-18H,4-5,10,19-20H2,1-3H3;1H/q+1;/p-1. The van der Waals surface area contributed by atoms with Gasteiger partial charge in [0.25, 0.3) is 0 Å². The summed E-state index contributed by atoms with van der Waals surface area (Å²) in [6.45, 7) is 8.01. The SMILES string of the molecule is CCCCc1ccc(C[n+]2c(C)c(C)n3cccc(OCc4ccccc4)c32)cc1.[Br-]. The van der Waals surface area contributed by atoms with Gasteiger partial charge in [0.1, 0.15) is 24.5 Å². The number of unbranched alkanes of at least 4 members (excludes halogenated alkanes) is 1. The minimum atomic E-state index is 0. The molecule has 31 heavy (non-hydrogen) atoms. The molecule has 4 aromatic rings. The molecular weight excluding hydrogens is 448 g/mol. The number of imidazole rings is 1. The molecule has 0 N–H and O–H groups in total. The highest BCUT2D eigenvalue weighted by atomic mass is 79.9. The lowest BCUT2D eigenvalue weighted by Gasteiger charge is -2.08. The van der Waals surface area contributed by atoms with Gasteiger partial charge < -0.3 is 21.7 Å². The van der Waals surface area contributed by atoms with Gasteiger partial charge in [-0.2, -0.15) is 4.40 Å². The monoisotopic (exact) mass is 478 g/mol. The Morgan fingerprint density at radius 2 is 1.55 bits per heavy atom. The number of aromatic nitrogens is 2. The molecule has 0 bridgehead atoms. The maximum absolute atomic E-state index is 6.27. The molecule has 162 valence electrons. The Morgan fingerprint density at radius 3 is 2.26 bits per heavy atom. The van der Waals surface area contributed by atoms with E-state index in [1.165, 1.54) is 40.9 Å². The first kappa shape index (κ1) is 23.1. The Hall–Kier alpha value is -2.59. The second-order valence-electron chi connectivity index (χ2n) is 8.02. The van der Waals surface area contributed by atoms with Crippen molar-refractivity contribution in [3.8, 4) is 5.75 Å². The van der Waals surface area contributed by atoms with E-state index in [0.29, 0.717) is 6.61 Å². The van der Waals surface area contributed by atoms with Gasteiger partial charge in [0, 0.05) is 13.8 Å². The molecule has 0 saturated carbocycles. The van der Waals surface area contributed by atoms with Gasteiger partial charge in [-0.3, -0.25) is 0 Å². The molecule has 4 rings (SSSR count). The van der Waals surface area contributed by atoms with Crippen LogP contribution in [0.3, 0.4) is 0 Å². The topological polar surface area (TPSA) is 17.5 Å². The molecule has 0 radical (unpaired) electrons. The van der Waals surface area contributed by atoms with E-state index in [4.69, 9.17) is 4.74 Å². The number of hydrogen-bond donors (Lipinski definition) is 0. The van der Waals surface area contributed by atoms with Crippen molar-refractivity contribution in [2.24, 2.45) is 0 Å². The van der Waals surface area contributed by atoms with Crippen LogP contribution < -0.4 is 26.3 Å². The van der Waals surface area contributed by atoms with Crippen molar-refractivity contribution in [3.63, 3.8) is 0 Å². The molecule has 0 saturated heterocycles. The molecule has 2 aromatic heterocycles. The van der Waals surface area contributed by atoms with E-state index < -0.39 is 0 Å². The van der Waals surface area contributed by atoms with Crippen LogP contribution in [-0.4, -0.2) is 4.40 Å². The number of benzene rings is 2. The van der Waals surface area contributed by atoms with E-state index in [1.807, 2.05) is 6.07 Å². The lowest BCUT2D eigenvalue weighted by Crippen LogP contribution is -3.00. The number of rotatable bonds is 8. The molecule has 3 nitrogen and oxygen atoms in total. The summed E-state index contributed by atoms with van der Waals surface area (Å²) >= 11 is 0. The van der Waals surface area contributed by atoms with Crippen molar-refractivity contribution < 1.29 is 26.3 Å². The van der Waals surface area contributed by atoms with Crippen LogP contribution in [0.4, 0.5) is 0 Å². The van der Waals surface area contributed by atoms with E-state index in [9.17, 15) is 0 Å². The summed E-state index contributed by atoms with van der Waals surface area (Å²) < 4.78 is 10.9. The molecule has 4 heteroatoms. The minimum Gasteiger partial charge on any atom is -1.00 e. The first-order chi connectivity index (χ1) is 14.7. The number of ether oxygens (including phenoxy) is 1. The maximum Gasteiger partial charge on any atom is 0.329 e. The van der Waals surface area contributed by atoms with Crippen LogP contribution in [0.2, 0.25) is 0 Å². The number of aryl methyl sites for hydroxylation is 2. The molecule has 0 unspecified atom stereocenters. The Kier molecular flexibility index (Phi) is 7.91. The fourth-order valence-electron chi connectivity index (χ4n) is 3.96. The second kappa shape index (κ2) is 10.6. The van der Waals surface area contributed by atoms with Crippen molar-refractivity contribution in [3.05, 3.63) is 101 Å². The van der Waals surface area contributed by atoms with Crippen LogP contribution in [0.1, 0.15) is 47.8 Å². The van der Waals surface area contributed by atoms with Crippen molar-refractivity contribution in [1.29, 1.82) is 0 Å². The Morgan fingerprint density at radius 1 is 0.839 bits per heavy atom. The van der Waals surface area contributed by atoms with E-state index in [-0.39, 0.29) is 17.0 Å². The average molecular weight is 479 g/mol. The second-order valence-corrected chi connectivity index (χ2v) is 8.02. The fraction of sp³-hybridized carbons (Fsp3) is 0.296. The van der Waals surface area contributed by atoms with Crippen molar-refractivity contribution >= 4 is 5.65 Å². The molecule has 2 heterocycles. The maximum atomic E-state index is 6.27. The van der Waals surface area contributed by atoms with Gasteiger partial charge in [-0.25, -0.2) is 4.57 Å². The summed E-state index contributed by atoms with van der Waals surface area (Å²) in [6, 6.07) is 23.6. The van der Waals surface area contributed by atoms with Crippen LogP contribution in [-0.2, 0) is 19.6 Å². The van der Waals surface area contributed by atoms with E-state index in [0.717, 1.165) is 24.4 Å². The zero-order chi connectivity index (χ0) is 20.9. The minimum absolute atomic E-state index is 0. The van der Waals surface area contributed by atoms with Gasteiger partial charge in [-0.1, -0.05) is 67.9 Å². The normalized spacial score (nSPS) is 10.8. The molecule has 0 atom stereocenters. The van der Waals surface area contributed by atoms with Crippen LogP contribution in [0.25, 0.3) is 5.65 Å². The van der Waals surface area contributed by atoms with Crippen LogP contribution in [0.5, 0.6) is 5.75 Å². The molecule has 0 spiro atoms. The third-order valence-electron chi connectivity index (χ3n) is 5.90. The van der Waals surface area contributed by atoms with Crippen molar-refractivity contribution in [1.82, 2.24) is 4.40 Å². The highest BCUT2D eigenvalue weighted by Gasteiger charge is 2.24. The van der Waals surface area contributed by atoms with Crippen LogP contribution in [0, 0.1) is 13.8 Å². The van der Waals surface area contributed by atoms with Crippen LogP contribution >= 0.6 is 0 Å². The fourth-order valence-corrected chi connectivity index (χ4v) is 3.96. The van der Waals surface area contributed by atoms with E-state index >= 15 is 0 Å². The summed E-state index contributed by atoms with van der Waals surface area (Å²) in [5.74, 6) is 0.914. The van der Waals surface area contributed by atoms with Gasteiger partial charge in [0.2, 0.25) is 5.75 Å². The Bertz CT molecular complexity index is 1120. The first-order valence-electron chi connectivity index (χ1n) is 10.9. The average Bonchev–Trinajstić information content (AvgIpc) is 3.03. The number of hydrogen-bond acceptors (Lipinski definition) is 1. The summed E-state index contributed by atoms with van der Waals surface area (Å²) in [5.41, 5.74) is 7.53. The van der Waals surface area contributed by atoms with Gasteiger partial charge in [-0.15, -0.1) is 0 Å². The Balaban J connectivity index is 0.00000272. The third-order valence-corrected chi connectivity index (χ3v) is 5.90. The van der Waals surface area contributed by atoms with Crippen molar-refractivity contribution in [2.75, 3.05) is 0 Å². The predicted octanol–water partition coefficient (Wildman–Crippen LogP) is 2.82. The lowest BCUT2D eigenvalue weighted by atomic mass is 10.1. The van der Waals surface area contributed by atoms with Gasteiger partial charge in [0.15, 0.2) is 0 Å². The summed E-state index contributed by atoms with van der Waals surface area (Å²) in [7, 11) is 0. The molecule has 0 aliphatic carbocycles. The Labute approximate surface area is 196 Å². The van der Waals surface area contributed by atoms with Gasteiger partial charge in [-0.05, 0) is 41.7 Å². The van der Waals surface area contributed by atoms with Crippen molar-refractivity contribution in [2.45, 2.75) is 53.2 Å². The third kappa shape index (κ3) is 5.19. The predicted molar refractivity (Wildman–Crippen MR) is 122 cm³/mol. The lowest BCUT2D eigenvalue weighted by molar-refractivity contribution is -0.668. The molecule has 2 aromatic carbocycles. The van der Waals surface area contributed by atoms with E-state index in [1.54, 1.807) is 0 Å². The summed E-state index contributed by atoms with van der Waals surface area (Å²) in [5, 5.41) is 0. The number of fused-ring (bicyclic) bond motifs is 1. The quantitative estimate of drug-likeness (QED) is 0.356. The highest BCUT2D eigenvalue weighted by molar-refractivity contribution is 5.51. The number of halogens is 1. The van der Waals surface area contributed by atoms with E-state index in [2.05, 4.69) is 96.6 Å². The molecule has 0 aliphatic heterocycles. The van der Waals surface area contributed by atoms with Crippen LogP contribution in [0.15, 0.2) is 72.9 Å². The van der Waals surface area contributed by atoms with Gasteiger partial charge >= 0.3 is 5.65 Å². The highest BCUT2D eigenvalue weighted by Crippen LogP contribution is 2.22. The molecule has 0 aliphatic rings. The molecular formula is C27H31BrN2O. The summed E-state index contributed by atoms with van der Waals surface area (Å²) in [4.78, 5) is 0. The zero-order valence-corrected chi connectivity index (χ0v) is 20.2. The number of pyridine rings is 1. The number of nitrogens with zero attached hydrogens (tertiary/aromatic N) is 2. The largest absolute Gasteiger partial charge is 1.00 e. The smallest absolute Gasteiger partial charge is 0.329 e. The molecule has 0 amide bonds. The first-order valence-corrected chi connectivity index (χ1v) is 10.9. The zero-order valence-electron chi connectivity index (χ0n) is 18.6.